The van der Waals surface area contributed by atoms with E-state index in [0.29, 0.717) is 0 Å². The van der Waals surface area contributed by atoms with Crippen molar-refractivity contribution in [3.63, 3.8) is 0 Å². The minimum absolute atomic E-state index is 0.719. The van der Waals surface area contributed by atoms with E-state index in [1.165, 1.54) is 58.8 Å². The molecule has 40 heavy (non-hydrogen) atoms. The molecule has 2 aromatic heterocycles. The largest absolute Gasteiger partial charge is 0.308 e. The van der Waals surface area contributed by atoms with Gasteiger partial charge in [-0.2, -0.15) is 0 Å². The highest BCUT2D eigenvalue weighted by Gasteiger charge is 2.21. The second-order valence-electron chi connectivity index (χ2n) is 10.0. The van der Waals surface area contributed by atoms with E-state index in [4.69, 9.17) is 11.6 Å². The van der Waals surface area contributed by atoms with Gasteiger partial charge in [0, 0.05) is 41.4 Å². The summed E-state index contributed by atoms with van der Waals surface area (Å²) < 4.78 is 6.02. The Morgan fingerprint density at radius 1 is 0.600 bits per heavy atom. The van der Waals surface area contributed by atoms with Crippen LogP contribution in [0, 0.1) is 0 Å². The van der Waals surface area contributed by atoms with Crippen LogP contribution in [-0.4, -0.2) is 4.57 Å². The quantitative estimate of drug-likeness (QED) is 0.187. The van der Waals surface area contributed by atoms with Crippen LogP contribution in [0.4, 0.5) is 0 Å². The molecule has 8 aromatic rings. The zero-order valence-electron chi connectivity index (χ0n) is 21.2. The number of hydrogen-bond acceptors (Lipinski definition) is 1. The summed E-state index contributed by atoms with van der Waals surface area (Å²) in [4.78, 5) is 0. The highest BCUT2D eigenvalue weighted by Crippen LogP contribution is 2.47. The minimum atomic E-state index is 0.719. The molecular formula is C36H21BrClNS. The number of fused-ring (bicyclic) bond motifs is 7. The van der Waals surface area contributed by atoms with E-state index in [0.717, 1.165) is 20.6 Å². The van der Waals surface area contributed by atoms with Crippen LogP contribution >= 0.6 is 38.9 Å². The van der Waals surface area contributed by atoms with E-state index in [1.807, 2.05) is 23.5 Å². The number of para-hydroxylation sites is 2. The summed E-state index contributed by atoms with van der Waals surface area (Å²) in [6.07, 6.45) is 0. The Hall–Kier alpha value is -3.89. The van der Waals surface area contributed by atoms with Gasteiger partial charge in [0.2, 0.25) is 0 Å². The van der Waals surface area contributed by atoms with Crippen molar-refractivity contribution in [1.82, 2.24) is 4.57 Å². The second kappa shape index (κ2) is 9.35. The molecular weight excluding hydrogens is 594 g/mol. The number of hydrogen-bond donors (Lipinski definition) is 0. The van der Waals surface area contributed by atoms with Crippen LogP contribution < -0.4 is 0 Å². The molecule has 0 radical (unpaired) electrons. The SMILES string of the molecule is Clc1cc(Br)cc(-c2cccc(-c3cc4c5ccccc5n(-c5ccccc5)c4c4sc5ccccc5c34)c2)c1. The molecule has 0 amide bonds. The van der Waals surface area contributed by atoms with Gasteiger partial charge in [0.25, 0.3) is 0 Å². The molecule has 0 spiro atoms. The molecule has 0 saturated heterocycles. The smallest absolute Gasteiger partial charge is 0.0720 e. The molecule has 0 aliphatic rings. The Kier molecular flexibility index (Phi) is 5.60. The van der Waals surface area contributed by atoms with Crippen LogP contribution in [0.2, 0.25) is 5.02 Å². The minimum Gasteiger partial charge on any atom is -0.308 e. The van der Waals surface area contributed by atoms with Crippen LogP contribution in [0.25, 0.3) is 69.9 Å². The average Bonchev–Trinajstić information content (AvgIpc) is 3.53. The standard InChI is InChI=1S/C36H21BrClNS/c37-25-18-24(19-26(38)20-25)22-9-8-10-23(17-22)30-21-31-28-13-4-6-15-32(28)39(27-11-2-1-3-12-27)35(31)36-34(30)29-14-5-7-16-33(29)40-36/h1-21H. The van der Waals surface area contributed by atoms with Crippen molar-refractivity contribution >= 4 is 80.8 Å². The zero-order valence-corrected chi connectivity index (χ0v) is 24.4. The second-order valence-corrected chi connectivity index (χ2v) is 12.5. The predicted octanol–water partition coefficient (Wildman–Crippen LogP) is 11.9. The fourth-order valence-electron chi connectivity index (χ4n) is 5.99. The van der Waals surface area contributed by atoms with E-state index in [-0.39, 0.29) is 0 Å². The number of benzene rings is 6. The van der Waals surface area contributed by atoms with Gasteiger partial charge in [-0.15, -0.1) is 11.3 Å². The van der Waals surface area contributed by atoms with Gasteiger partial charge < -0.3 is 4.57 Å². The van der Waals surface area contributed by atoms with Crippen molar-refractivity contribution in [2.75, 3.05) is 0 Å². The van der Waals surface area contributed by atoms with E-state index >= 15 is 0 Å². The molecule has 190 valence electrons. The monoisotopic (exact) mass is 613 g/mol. The highest BCUT2D eigenvalue weighted by atomic mass is 79.9. The summed E-state index contributed by atoms with van der Waals surface area (Å²) in [6.45, 7) is 0. The first-order valence-electron chi connectivity index (χ1n) is 13.2. The molecule has 1 nitrogen and oxygen atoms in total. The Morgan fingerprint density at radius 2 is 1.35 bits per heavy atom. The van der Waals surface area contributed by atoms with E-state index in [1.54, 1.807) is 0 Å². The first kappa shape index (κ1) is 24.0. The average molecular weight is 615 g/mol. The lowest BCUT2D eigenvalue weighted by Gasteiger charge is -2.12. The van der Waals surface area contributed by atoms with E-state index in [9.17, 15) is 0 Å². The Balaban J connectivity index is 1.52. The summed E-state index contributed by atoms with van der Waals surface area (Å²) in [5.74, 6) is 0. The lowest BCUT2D eigenvalue weighted by molar-refractivity contribution is 1.19. The Bertz CT molecular complexity index is 2220. The summed E-state index contributed by atoms with van der Waals surface area (Å²) in [5.41, 5.74) is 8.34. The molecule has 8 rings (SSSR count). The molecule has 0 fully saturated rings. The molecule has 0 unspecified atom stereocenters. The molecule has 0 saturated carbocycles. The van der Waals surface area contributed by atoms with Crippen LogP contribution in [0.3, 0.4) is 0 Å². The van der Waals surface area contributed by atoms with Gasteiger partial charge >= 0.3 is 0 Å². The van der Waals surface area contributed by atoms with Crippen LogP contribution in [0.1, 0.15) is 0 Å². The summed E-state index contributed by atoms with van der Waals surface area (Å²) in [7, 11) is 0. The highest BCUT2D eigenvalue weighted by molar-refractivity contribution is 9.10. The topological polar surface area (TPSA) is 4.93 Å². The maximum Gasteiger partial charge on any atom is 0.0720 e. The molecule has 2 heterocycles. The van der Waals surface area contributed by atoms with Crippen LogP contribution in [-0.2, 0) is 0 Å². The van der Waals surface area contributed by atoms with E-state index in [2.05, 4.69) is 136 Å². The third-order valence-electron chi connectivity index (χ3n) is 7.67. The number of rotatable bonds is 3. The van der Waals surface area contributed by atoms with Crippen molar-refractivity contribution in [1.29, 1.82) is 0 Å². The van der Waals surface area contributed by atoms with Gasteiger partial charge in [-0.1, -0.05) is 100 Å². The van der Waals surface area contributed by atoms with Crippen molar-refractivity contribution in [2.45, 2.75) is 0 Å². The number of aromatic nitrogens is 1. The van der Waals surface area contributed by atoms with E-state index < -0.39 is 0 Å². The lowest BCUT2D eigenvalue weighted by Crippen LogP contribution is -1.93. The van der Waals surface area contributed by atoms with Gasteiger partial charge in [0.05, 0.1) is 15.7 Å². The third-order valence-corrected chi connectivity index (χ3v) is 9.52. The van der Waals surface area contributed by atoms with Crippen LogP contribution in [0.15, 0.2) is 132 Å². The molecule has 0 N–H and O–H groups in total. The van der Waals surface area contributed by atoms with Gasteiger partial charge in [0.1, 0.15) is 0 Å². The fraction of sp³-hybridized carbons (Fsp3) is 0. The summed E-state index contributed by atoms with van der Waals surface area (Å²) in [5, 5.41) is 5.84. The Labute approximate surface area is 249 Å². The first-order chi connectivity index (χ1) is 19.7. The molecule has 0 aliphatic heterocycles. The van der Waals surface area contributed by atoms with Crippen LogP contribution in [0.5, 0.6) is 0 Å². The Morgan fingerprint density at radius 3 is 2.20 bits per heavy atom. The molecule has 6 aromatic carbocycles. The third kappa shape index (κ3) is 3.73. The van der Waals surface area contributed by atoms with Gasteiger partial charge in [-0.3, -0.25) is 0 Å². The van der Waals surface area contributed by atoms with Crippen molar-refractivity contribution in [3.05, 3.63) is 137 Å². The van der Waals surface area contributed by atoms with Gasteiger partial charge in [-0.25, -0.2) is 0 Å². The normalized spacial score (nSPS) is 11.8. The molecule has 0 atom stereocenters. The molecule has 4 heteroatoms. The lowest BCUT2D eigenvalue weighted by atomic mass is 9.94. The number of nitrogens with zero attached hydrogens (tertiary/aromatic N) is 1. The number of halogens is 2. The maximum atomic E-state index is 6.43. The maximum absolute atomic E-state index is 6.43. The molecule has 0 bridgehead atoms. The zero-order chi connectivity index (χ0) is 26.8. The first-order valence-corrected chi connectivity index (χ1v) is 15.1. The predicted molar refractivity (Wildman–Crippen MR) is 177 cm³/mol. The summed E-state index contributed by atoms with van der Waals surface area (Å²) >= 11 is 11.9. The molecule has 0 aliphatic carbocycles. The van der Waals surface area contributed by atoms with Gasteiger partial charge in [-0.05, 0) is 76.9 Å². The number of thiophene rings is 1. The fourth-order valence-corrected chi connectivity index (χ4v) is 8.12. The van der Waals surface area contributed by atoms with Crippen molar-refractivity contribution in [2.24, 2.45) is 0 Å². The van der Waals surface area contributed by atoms with Gasteiger partial charge in [0.15, 0.2) is 0 Å². The van der Waals surface area contributed by atoms with Crippen molar-refractivity contribution in [3.8, 4) is 27.9 Å². The summed E-state index contributed by atoms with van der Waals surface area (Å²) in [6, 6.07) is 45.6. The van der Waals surface area contributed by atoms with Crippen molar-refractivity contribution < 1.29 is 0 Å².